The summed E-state index contributed by atoms with van der Waals surface area (Å²) in [4.78, 5) is 25.9. The first-order valence-corrected chi connectivity index (χ1v) is 10.1. The number of hydrogen-bond acceptors (Lipinski definition) is 6. The largest absolute Gasteiger partial charge is 0.494 e. The molecule has 5 rings (SSSR count). The molecule has 0 spiro atoms. The fraction of sp³-hybridized carbons (Fsp3) is 0.286. The summed E-state index contributed by atoms with van der Waals surface area (Å²) in [6, 6.07) is 6.21. The first-order valence-electron chi connectivity index (χ1n) is 10.1. The highest BCUT2D eigenvalue weighted by Crippen LogP contribution is 2.27. The number of benzene rings is 1. The zero-order chi connectivity index (χ0) is 21.2. The fourth-order valence-electron chi connectivity index (χ4n) is 3.73. The van der Waals surface area contributed by atoms with Gasteiger partial charge in [-0.2, -0.15) is 5.10 Å². The summed E-state index contributed by atoms with van der Waals surface area (Å²) >= 11 is 0. The summed E-state index contributed by atoms with van der Waals surface area (Å²) in [5.74, 6) is 0.750. The highest BCUT2D eigenvalue weighted by Gasteiger charge is 2.19. The molecule has 4 heterocycles. The van der Waals surface area contributed by atoms with E-state index in [1.807, 2.05) is 6.07 Å². The topological polar surface area (TPSA) is 124 Å². The minimum absolute atomic E-state index is 0.301. The summed E-state index contributed by atoms with van der Waals surface area (Å²) in [7, 11) is 1.52. The number of morpholine rings is 1. The standard InChI is InChI=1S/C21H23N7O3/c1-30-18-11-22-9-14(18)21(29)26-17-10-23-27-19(17)20-24-15-3-2-13(8-16(15)25-20)12-28-4-6-31-7-5-28/h2-3,8-11,22H,4-7,12H2,1H3,(H,23,27)(H,24,25)(H,26,29). The van der Waals surface area contributed by atoms with Crippen LogP contribution in [0.2, 0.25) is 0 Å². The van der Waals surface area contributed by atoms with Crippen LogP contribution in [0.25, 0.3) is 22.6 Å². The van der Waals surface area contributed by atoms with E-state index in [0.717, 1.165) is 43.9 Å². The third kappa shape index (κ3) is 3.90. The number of fused-ring (bicyclic) bond motifs is 1. The summed E-state index contributed by atoms with van der Waals surface area (Å²) in [6.07, 6.45) is 4.84. The number of carbonyl (C=O) groups excluding carboxylic acids is 1. The van der Waals surface area contributed by atoms with Gasteiger partial charge in [0.25, 0.3) is 5.91 Å². The van der Waals surface area contributed by atoms with Crippen LogP contribution >= 0.6 is 0 Å². The lowest BCUT2D eigenvalue weighted by Crippen LogP contribution is -2.35. The van der Waals surface area contributed by atoms with Crippen LogP contribution in [0.1, 0.15) is 15.9 Å². The summed E-state index contributed by atoms with van der Waals surface area (Å²) < 4.78 is 10.6. The molecule has 4 N–H and O–H groups in total. The molecule has 10 nitrogen and oxygen atoms in total. The molecule has 1 saturated heterocycles. The van der Waals surface area contributed by atoms with E-state index in [2.05, 4.69) is 42.5 Å². The van der Waals surface area contributed by atoms with Crippen molar-refractivity contribution in [2.45, 2.75) is 6.54 Å². The predicted octanol–water partition coefficient (Wildman–Crippen LogP) is 2.37. The molecule has 3 aromatic heterocycles. The number of carbonyl (C=O) groups is 1. The number of nitrogens with one attached hydrogen (secondary N) is 4. The predicted molar refractivity (Wildman–Crippen MR) is 115 cm³/mol. The highest BCUT2D eigenvalue weighted by atomic mass is 16.5. The number of ether oxygens (including phenoxy) is 2. The number of amides is 1. The van der Waals surface area contributed by atoms with E-state index in [4.69, 9.17) is 14.5 Å². The number of H-pyrrole nitrogens is 3. The molecular weight excluding hydrogens is 398 g/mol. The minimum atomic E-state index is -0.301. The first-order chi connectivity index (χ1) is 15.2. The van der Waals surface area contributed by atoms with E-state index in [-0.39, 0.29) is 5.91 Å². The summed E-state index contributed by atoms with van der Waals surface area (Å²) in [6.45, 7) is 4.29. The zero-order valence-corrected chi connectivity index (χ0v) is 17.1. The van der Waals surface area contributed by atoms with E-state index >= 15 is 0 Å². The Morgan fingerprint density at radius 1 is 1.26 bits per heavy atom. The molecular formula is C21H23N7O3. The molecule has 0 atom stereocenters. The van der Waals surface area contributed by atoms with Crippen molar-refractivity contribution in [1.82, 2.24) is 30.0 Å². The Morgan fingerprint density at radius 3 is 2.97 bits per heavy atom. The molecule has 1 aliphatic heterocycles. The molecule has 160 valence electrons. The molecule has 0 unspecified atom stereocenters. The Morgan fingerprint density at radius 2 is 2.13 bits per heavy atom. The Labute approximate surface area is 178 Å². The van der Waals surface area contributed by atoms with Gasteiger partial charge >= 0.3 is 0 Å². The smallest absolute Gasteiger partial charge is 0.261 e. The van der Waals surface area contributed by atoms with Gasteiger partial charge in [0.15, 0.2) is 11.5 Å². The van der Waals surface area contributed by atoms with Gasteiger partial charge in [-0.05, 0) is 17.7 Å². The quantitative estimate of drug-likeness (QED) is 0.379. The monoisotopic (exact) mass is 421 g/mol. The van der Waals surface area contributed by atoms with Crippen molar-refractivity contribution in [1.29, 1.82) is 0 Å². The third-order valence-corrected chi connectivity index (χ3v) is 5.34. The number of hydrogen-bond donors (Lipinski definition) is 4. The van der Waals surface area contributed by atoms with Gasteiger partial charge in [0.2, 0.25) is 0 Å². The highest BCUT2D eigenvalue weighted by molar-refractivity contribution is 6.07. The molecule has 1 aromatic carbocycles. The maximum absolute atomic E-state index is 12.6. The molecule has 4 aromatic rings. The maximum atomic E-state index is 12.6. The van der Waals surface area contributed by atoms with Crippen molar-refractivity contribution in [2.24, 2.45) is 0 Å². The molecule has 1 fully saturated rings. The van der Waals surface area contributed by atoms with Crippen LogP contribution in [0.3, 0.4) is 0 Å². The van der Waals surface area contributed by atoms with Crippen molar-refractivity contribution in [2.75, 3.05) is 38.7 Å². The number of rotatable bonds is 6. The summed E-state index contributed by atoms with van der Waals surface area (Å²) in [5.41, 5.74) is 4.44. The maximum Gasteiger partial charge on any atom is 0.261 e. The third-order valence-electron chi connectivity index (χ3n) is 5.34. The lowest BCUT2D eigenvalue weighted by Gasteiger charge is -2.26. The van der Waals surface area contributed by atoms with Gasteiger partial charge in [0.1, 0.15) is 5.75 Å². The molecule has 0 bridgehead atoms. The second-order valence-corrected chi connectivity index (χ2v) is 7.36. The van der Waals surface area contributed by atoms with Gasteiger partial charge in [-0.1, -0.05) is 6.07 Å². The average molecular weight is 421 g/mol. The van der Waals surface area contributed by atoms with Crippen LogP contribution in [0.15, 0.2) is 36.8 Å². The Kier molecular flexibility index (Phi) is 5.14. The second-order valence-electron chi connectivity index (χ2n) is 7.36. The second kappa shape index (κ2) is 8.25. The average Bonchev–Trinajstić information content (AvgIpc) is 3.53. The molecule has 31 heavy (non-hydrogen) atoms. The van der Waals surface area contributed by atoms with E-state index in [9.17, 15) is 4.79 Å². The van der Waals surface area contributed by atoms with Gasteiger partial charge < -0.3 is 24.8 Å². The number of nitrogens with zero attached hydrogens (tertiary/aromatic N) is 3. The molecule has 0 radical (unpaired) electrons. The van der Waals surface area contributed by atoms with E-state index < -0.39 is 0 Å². The number of imidazole rings is 1. The van der Waals surface area contributed by atoms with Crippen LogP contribution in [0.4, 0.5) is 5.69 Å². The fourth-order valence-corrected chi connectivity index (χ4v) is 3.73. The van der Waals surface area contributed by atoms with Crippen molar-refractivity contribution in [3.63, 3.8) is 0 Å². The van der Waals surface area contributed by atoms with Gasteiger partial charge in [-0.25, -0.2) is 4.98 Å². The number of methoxy groups -OCH3 is 1. The van der Waals surface area contributed by atoms with Crippen molar-refractivity contribution < 1.29 is 14.3 Å². The van der Waals surface area contributed by atoms with Crippen molar-refractivity contribution >= 4 is 22.6 Å². The SMILES string of the molecule is COc1c[nH]cc1C(=O)Nc1c[nH]nc1-c1nc2cc(CN3CCOCC3)ccc2[nH]1. The Balaban J connectivity index is 1.37. The lowest BCUT2D eigenvalue weighted by atomic mass is 10.2. The van der Waals surface area contributed by atoms with E-state index in [0.29, 0.717) is 28.5 Å². The first kappa shape index (κ1) is 19.3. The zero-order valence-electron chi connectivity index (χ0n) is 17.1. The number of aromatic nitrogens is 5. The molecule has 1 aliphatic rings. The molecule has 10 heteroatoms. The van der Waals surface area contributed by atoms with Crippen LogP contribution in [0.5, 0.6) is 5.75 Å². The summed E-state index contributed by atoms with van der Waals surface area (Å²) in [5, 5.41) is 9.95. The Bertz CT molecular complexity index is 1200. The number of aromatic amines is 3. The lowest BCUT2D eigenvalue weighted by molar-refractivity contribution is 0.0342. The normalized spacial score (nSPS) is 14.7. The van der Waals surface area contributed by atoms with E-state index in [1.165, 1.54) is 12.7 Å². The number of anilines is 1. The van der Waals surface area contributed by atoms with Crippen LogP contribution in [-0.4, -0.2) is 69.4 Å². The molecule has 1 amide bonds. The van der Waals surface area contributed by atoms with Gasteiger partial charge in [-0.15, -0.1) is 0 Å². The van der Waals surface area contributed by atoms with Crippen LogP contribution < -0.4 is 10.1 Å². The van der Waals surface area contributed by atoms with Crippen molar-refractivity contribution in [3.8, 4) is 17.3 Å². The van der Waals surface area contributed by atoms with Crippen LogP contribution in [-0.2, 0) is 11.3 Å². The van der Waals surface area contributed by atoms with Gasteiger partial charge in [0.05, 0.1) is 42.6 Å². The van der Waals surface area contributed by atoms with Gasteiger partial charge in [-0.3, -0.25) is 14.8 Å². The molecule has 0 saturated carbocycles. The van der Waals surface area contributed by atoms with E-state index in [1.54, 1.807) is 18.6 Å². The van der Waals surface area contributed by atoms with Gasteiger partial charge in [0, 0.05) is 38.2 Å². The van der Waals surface area contributed by atoms with Crippen LogP contribution in [0, 0.1) is 0 Å². The Hall–Kier alpha value is -3.63. The molecule has 0 aliphatic carbocycles. The minimum Gasteiger partial charge on any atom is -0.494 e. The van der Waals surface area contributed by atoms with Crippen molar-refractivity contribution in [3.05, 3.63) is 47.9 Å².